The number of hydrogen-bond acceptors (Lipinski definition) is 2. The molecule has 2 saturated carbocycles. The van der Waals surface area contributed by atoms with Crippen LogP contribution >= 0.6 is 0 Å². The van der Waals surface area contributed by atoms with E-state index in [0.29, 0.717) is 5.91 Å². The van der Waals surface area contributed by atoms with Gasteiger partial charge in [-0.3, -0.25) is 4.79 Å². The van der Waals surface area contributed by atoms with E-state index in [9.17, 15) is 9.90 Å². The Morgan fingerprint density at radius 3 is 2.35 bits per heavy atom. The summed E-state index contributed by atoms with van der Waals surface area (Å²) in [6.07, 6.45) is 11.5. The number of amides is 1. The van der Waals surface area contributed by atoms with E-state index in [1.165, 1.54) is 38.5 Å². The number of carbonyl (C=O) groups is 1. The minimum atomic E-state index is -0.159. The van der Waals surface area contributed by atoms with Crippen molar-refractivity contribution in [1.82, 2.24) is 4.90 Å². The maximum atomic E-state index is 12.5. The molecule has 0 aromatic carbocycles. The normalized spacial score (nSPS) is 35.6. The predicted octanol–water partition coefficient (Wildman–Crippen LogP) is 2.97. The van der Waals surface area contributed by atoms with Crippen molar-refractivity contribution >= 4 is 5.91 Å². The third-order valence-electron chi connectivity index (χ3n) is 5.78. The molecular weight excluding hydrogens is 250 g/mol. The molecule has 1 aliphatic heterocycles. The van der Waals surface area contributed by atoms with Crippen molar-refractivity contribution in [3.63, 3.8) is 0 Å². The zero-order valence-corrected chi connectivity index (χ0v) is 12.6. The first-order valence-corrected chi connectivity index (χ1v) is 8.69. The number of nitrogens with zero attached hydrogens (tertiary/aromatic N) is 1. The van der Waals surface area contributed by atoms with Gasteiger partial charge in [0, 0.05) is 19.0 Å². The number of likely N-dealkylation sites (tertiary alicyclic amines) is 1. The maximum absolute atomic E-state index is 12.5. The van der Waals surface area contributed by atoms with Crippen molar-refractivity contribution in [3.8, 4) is 0 Å². The lowest BCUT2D eigenvalue weighted by molar-refractivity contribution is -0.136. The van der Waals surface area contributed by atoms with Crippen LogP contribution < -0.4 is 0 Å². The Morgan fingerprint density at radius 2 is 1.65 bits per heavy atom. The topological polar surface area (TPSA) is 40.5 Å². The molecule has 3 nitrogen and oxygen atoms in total. The SMILES string of the molecule is O=C(C1CCC(O)CC1)N1CC[C@H](CC2CCCC2)C1. The Balaban J connectivity index is 1.45. The molecule has 1 saturated heterocycles. The highest BCUT2D eigenvalue weighted by molar-refractivity contribution is 5.79. The van der Waals surface area contributed by atoms with Crippen LogP contribution in [0.15, 0.2) is 0 Å². The molecule has 1 heterocycles. The second kappa shape index (κ2) is 6.46. The molecule has 1 amide bonds. The van der Waals surface area contributed by atoms with Gasteiger partial charge in [-0.25, -0.2) is 0 Å². The summed E-state index contributed by atoms with van der Waals surface area (Å²) in [6.45, 7) is 1.99. The monoisotopic (exact) mass is 279 g/mol. The first-order valence-electron chi connectivity index (χ1n) is 8.69. The van der Waals surface area contributed by atoms with Gasteiger partial charge in [0.2, 0.25) is 5.91 Å². The van der Waals surface area contributed by atoms with Gasteiger partial charge in [0.1, 0.15) is 0 Å². The lowest BCUT2D eigenvalue weighted by Crippen LogP contribution is -2.37. The van der Waals surface area contributed by atoms with Gasteiger partial charge in [0.15, 0.2) is 0 Å². The smallest absolute Gasteiger partial charge is 0.225 e. The van der Waals surface area contributed by atoms with Gasteiger partial charge in [-0.15, -0.1) is 0 Å². The Bertz CT molecular complexity index is 330. The molecule has 3 aliphatic rings. The molecular formula is C17H29NO2. The van der Waals surface area contributed by atoms with E-state index >= 15 is 0 Å². The van der Waals surface area contributed by atoms with Crippen LogP contribution in [-0.4, -0.2) is 35.1 Å². The molecule has 0 bridgehead atoms. The highest BCUT2D eigenvalue weighted by Crippen LogP contribution is 2.34. The highest BCUT2D eigenvalue weighted by Gasteiger charge is 2.33. The molecule has 3 fully saturated rings. The van der Waals surface area contributed by atoms with E-state index in [4.69, 9.17) is 0 Å². The maximum Gasteiger partial charge on any atom is 0.225 e. The minimum Gasteiger partial charge on any atom is -0.393 e. The van der Waals surface area contributed by atoms with Crippen molar-refractivity contribution < 1.29 is 9.90 Å². The van der Waals surface area contributed by atoms with E-state index in [-0.39, 0.29) is 12.0 Å². The van der Waals surface area contributed by atoms with Gasteiger partial charge < -0.3 is 10.0 Å². The van der Waals surface area contributed by atoms with Gasteiger partial charge in [-0.2, -0.15) is 0 Å². The fraction of sp³-hybridized carbons (Fsp3) is 0.941. The first-order chi connectivity index (χ1) is 9.72. The van der Waals surface area contributed by atoms with Crippen molar-refractivity contribution in [2.45, 2.75) is 70.3 Å². The van der Waals surface area contributed by atoms with Gasteiger partial charge >= 0.3 is 0 Å². The summed E-state index contributed by atoms with van der Waals surface area (Å²) < 4.78 is 0. The predicted molar refractivity (Wildman–Crippen MR) is 79.2 cm³/mol. The third kappa shape index (κ3) is 3.36. The standard InChI is InChI=1S/C17H29NO2/c19-16-7-5-15(6-8-16)17(20)18-10-9-14(12-18)11-13-3-1-2-4-13/h13-16,19H,1-12H2/t14-,15?,16?/m1/s1. The fourth-order valence-electron chi connectivity index (χ4n) is 4.52. The summed E-state index contributed by atoms with van der Waals surface area (Å²) in [6, 6.07) is 0. The summed E-state index contributed by atoms with van der Waals surface area (Å²) >= 11 is 0. The van der Waals surface area contributed by atoms with E-state index in [0.717, 1.165) is 50.6 Å². The number of aliphatic hydroxyl groups is 1. The molecule has 1 N–H and O–H groups in total. The quantitative estimate of drug-likeness (QED) is 0.863. The van der Waals surface area contributed by atoms with Crippen LogP contribution in [0.1, 0.15) is 64.2 Å². The van der Waals surface area contributed by atoms with Crippen LogP contribution in [-0.2, 0) is 4.79 Å². The number of carbonyl (C=O) groups excluding carboxylic acids is 1. The fourth-order valence-corrected chi connectivity index (χ4v) is 4.52. The van der Waals surface area contributed by atoms with Crippen LogP contribution in [0.5, 0.6) is 0 Å². The number of rotatable bonds is 3. The Labute approximate surface area is 122 Å². The second-order valence-corrected chi connectivity index (χ2v) is 7.33. The summed E-state index contributed by atoms with van der Waals surface area (Å²) in [4.78, 5) is 14.7. The van der Waals surface area contributed by atoms with Crippen molar-refractivity contribution in [2.24, 2.45) is 17.8 Å². The number of aliphatic hydroxyl groups excluding tert-OH is 1. The molecule has 0 aromatic rings. The zero-order chi connectivity index (χ0) is 13.9. The molecule has 2 aliphatic carbocycles. The summed E-state index contributed by atoms with van der Waals surface area (Å²) in [5, 5.41) is 9.55. The van der Waals surface area contributed by atoms with Crippen LogP contribution in [0.2, 0.25) is 0 Å². The van der Waals surface area contributed by atoms with E-state index in [1.54, 1.807) is 0 Å². The van der Waals surface area contributed by atoms with Crippen molar-refractivity contribution in [2.75, 3.05) is 13.1 Å². The zero-order valence-electron chi connectivity index (χ0n) is 12.6. The van der Waals surface area contributed by atoms with Gasteiger partial charge in [0.05, 0.1) is 6.10 Å². The van der Waals surface area contributed by atoms with Gasteiger partial charge in [0.25, 0.3) is 0 Å². The second-order valence-electron chi connectivity index (χ2n) is 7.33. The average Bonchev–Trinajstić information content (AvgIpc) is 3.11. The molecule has 0 radical (unpaired) electrons. The Morgan fingerprint density at radius 1 is 0.950 bits per heavy atom. The van der Waals surface area contributed by atoms with Crippen molar-refractivity contribution in [3.05, 3.63) is 0 Å². The van der Waals surface area contributed by atoms with Crippen LogP contribution in [0.25, 0.3) is 0 Å². The van der Waals surface area contributed by atoms with Crippen LogP contribution in [0.3, 0.4) is 0 Å². The van der Waals surface area contributed by atoms with E-state index in [1.807, 2.05) is 0 Å². The molecule has 0 spiro atoms. The largest absolute Gasteiger partial charge is 0.393 e. The lowest BCUT2D eigenvalue weighted by Gasteiger charge is -2.28. The molecule has 3 heteroatoms. The van der Waals surface area contributed by atoms with Crippen LogP contribution in [0.4, 0.5) is 0 Å². The molecule has 3 rings (SSSR count). The van der Waals surface area contributed by atoms with Gasteiger partial charge in [-0.05, 0) is 50.4 Å². The molecule has 1 atom stereocenters. The Kier molecular flexibility index (Phi) is 4.65. The molecule has 114 valence electrons. The van der Waals surface area contributed by atoms with Gasteiger partial charge in [-0.1, -0.05) is 25.7 Å². The summed E-state index contributed by atoms with van der Waals surface area (Å²) in [5.74, 6) is 2.28. The third-order valence-corrected chi connectivity index (χ3v) is 5.78. The molecule has 0 unspecified atom stereocenters. The molecule has 0 aromatic heterocycles. The Hall–Kier alpha value is -0.570. The van der Waals surface area contributed by atoms with E-state index < -0.39 is 0 Å². The summed E-state index contributed by atoms with van der Waals surface area (Å²) in [7, 11) is 0. The number of hydrogen-bond donors (Lipinski definition) is 1. The summed E-state index contributed by atoms with van der Waals surface area (Å²) in [5.41, 5.74) is 0. The van der Waals surface area contributed by atoms with Crippen molar-refractivity contribution in [1.29, 1.82) is 0 Å². The average molecular weight is 279 g/mol. The van der Waals surface area contributed by atoms with Crippen LogP contribution in [0, 0.1) is 17.8 Å². The highest BCUT2D eigenvalue weighted by atomic mass is 16.3. The molecule has 20 heavy (non-hydrogen) atoms. The van der Waals surface area contributed by atoms with E-state index in [2.05, 4.69) is 4.90 Å². The lowest BCUT2D eigenvalue weighted by atomic mass is 9.86. The first kappa shape index (κ1) is 14.4. The minimum absolute atomic E-state index is 0.159.